The van der Waals surface area contributed by atoms with Crippen molar-refractivity contribution in [3.8, 4) is 0 Å². The van der Waals surface area contributed by atoms with Gasteiger partial charge < -0.3 is 5.73 Å². The molecule has 0 amide bonds. The Kier molecular flexibility index (Phi) is 2.50. The summed E-state index contributed by atoms with van der Waals surface area (Å²) in [6, 6.07) is 6.25. The fourth-order valence-corrected chi connectivity index (χ4v) is 2.79. The molecule has 0 saturated carbocycles. The lowest BCUT2D eigenvalue weighted by Crippen LogP contribution is -2.28. The molecule has 0 spiro atoms. The van der Waals surface area contributed by atoms with E-state index in [1.165, 1.54) is 16.4 Å². The fraction of sp³-hybridized carbons (Fsp3) is 0.200. The molecule has 0 unspecified atom stereocenters. The standard InChI is InChI=1S/C10H12N2O2S/c11-9-3-5-10(6-4-9)15(13,14)12-7-1-2-8-12/h1-6H,7-8,11H2. The largest absolute Gasteiger partial charge is 0.399 e. The van der Waals surface area contributed by atoms with Gasteiger partial charge >= 0.3 is 0 Å². The van der Waals surface area contributed by atoms with E-state index in [1.54, 1.807) is 12.1 Å². The van der Waals surface area contributed by atoms with E-state index in [4.69, 9.17) is 5.73 Å². The van der Waals surface area contributed by atoms with Crippen molar-refractivity contribution < 1.29 is 8.42 Å². The number of nitrogens with two attached hydrogens (primary N) is 1. The Morgan fingerprint density at radius 1 is 1.07 bits per heavy atom. The van der Waals surface area contributed by atoms with Crippen LogP contribution in [0.15, 0.2) is 41.3 Å². The highest BCUT2D eigenvalue weighted by atomic mass is 32.2. The van der Waals surface area contributed by atoms with Crippen LogP contribution in [-0.4, -0.2) is 25.8 Å². The minimum Gasteiger partial charge on any atom is -0.399 e. The summed E-state index contributed by atoms with van der Waals surface area (Å²) in [4.78, 5) is 0.292. The summed E-state index contributed by atoms with van der Waals surface area (Å²) in [6.07, 6.45) is 3.68. The monoisotopic (exact) mass is 224 g/mol. The number of anilines is 1. The number of nitrogens with zero attached hydrogens (tertiary/aromatic N) is 1. The Morgan fingerprint density at radius 2 is 1.60 bits per heavy atom. The summed E-state index contributed by atoms with van der Waals surface area (Å²) in [6.45, 7) is 0.902. The summed E-state index contributed by atoms with van der Waals surface area (Å²) >= 11 is 0. The van der Waals surface area contributed by atoms with Gasteiger partial charge in [-0.1, -0.05) is 12.2 Å². The van der Waals surface area contributed by atoms with Gasteiger partial charge in [0.2, 0.25) is 10.0 Å². The third-order valence-electron chi connectivity index (χ3n) is 2.30. The highest BCUT2D eigenvalue weighted by Gasteiger charge is 2.24. The summed E-state index contributed by atoms with van der Waals surface area (Å²) in [5.41, 5.74) is 6.07. The van der Waals surface area contributed by atoms with Crippen LogP contribution in [0.25, 0.3) is 0 Å². The lowest BCUT2D eigenvalue weighted by molar-refractivity contribution is 0.488. The van der Waals surface area contributed by atoms with E-state index in [1.807, 2.05) is 12.2 Å². The topological polar surface area (TPSA) is 63.4 Å². The Hall–Kier alpha value is -1.33. The molecule has 1 aliphatic rings. The van der Waals surface area contributed by atoms with Crippen molar-refractivity contribution in [2.45, 2.75) is 4.90 Å². The van der Waals surface area contributed by atoms with E-state index in [-0.39, 0.29) is 0 Å². The molecule has 0 radical (unpaired) electrons. The lowest BCUT2D eigenvalue weighted by atomic mass is 10.3. The van der Waals surface area contributed by atoms with Gasteiger partial charge in [-0.15, -0.1) is 0 Å². The quantitative estimate of drug-likeness (QED) is 0.598. The van der Waals surface area contributed by atoms with Crippen LogP contribution >= 0.6 is 0 Å². The van der Waals surface area contributed by atoms with Crippen molar-refractivity contribution in [3.63, 3.8) is 0 Å². The van der Waals surface area contributed by atoms with Crippen LogP contribution in [0, 0.1) is 0 Å². The second-order valence-corrected chi connectivity index (χ2v) is 5.30. The van der Waals surface area contributed by atoms with Crippen LogP contribution in [0.5, 0.6) is 0 Å². The predicted molar refractivity (Wildman–Crippen MR) is 58.8 cm³/mol. The Balaban J connectivity index is 2.33. The Bertz CT molecular complexity index is 469. The number of sulfonamides is 1. The Labute approximate surface area is 89.1 Å². The van der Waals surface area contributed by atoms with Crippen LogP contribution in [-0.2, 0) is 10.0 Å². The molecule has 1 aromatic rings. The summed E-state index contributed by atoms with van der Waals surface area (Å²) in [7, 11) is -3.34. The van der Waals surface area contributed by atoms with Gasteiger partial charge in [-0.2, -0.15) is 4.31 Å². The number of nitrogen functional groups attached to an aromatic ring is 1. The van der Waals surface area contributed by atoms with E-state index in [9.17, 15) is 8.42 Å². The highest BCUT2D eigenvalue weighted by molar-refractivity contribution is 7.89. The average molecular weight is 224 g/mol. The SMILES string of the molecule is Nc1ccc(S(=O)(=O)N2CC=CC2)cc1. The van der Waals surface area contributed by atoms with Gasteiger partial charge in [0.1, 0.15) is 0 Å². The molecule has 0 aromatic heterocycles. The van der Waals surface area contributed by atoms with Gasteiger partial charge in [-0.25, -0.2) is 8.42 Å². The number of benzene rings is 1. The zero-order chi connectivity index (χ0) is 10.9. The van der Waals surface area contributed by atoms with E-state index in [0.29, 0.717) is 23.7 Å². The number of rotatable bonds is 2. The van der Waals surface area contributed by atoms with Crippen LogP contribution in [0.3, 0.4) is 0 Å². The van der Waals surface area contributed by atoms with Crippen molar-refractivity contribution in [2.75, 3.05) is 18.8 Å². The minimum atomic E-state index is -3.34. The zero-order valence-corrected chi connectivity index (χ0v) is 8.94. The van der Waals surface area contributed by atoms with Crippen molar-refractivity contribution in [1.82, 2.24) is 4.31 Å². The molecule has 0 saturated heterocycles. The lowest BCUT2D eigenvalue weighted by Gasteiger charge is -2.15. The zero-order valence-electron chi connectivity index (χ0n) is 8.13. The molecule has 0 aliphatic carbocycles. The predicted octanol–water partition coefficient (Wildman–Crippen LogP) is 0.829. The average Bonchev–Trinajstić information content (AvgIpc) is 2.71. The molecule has 2 rings (SSSR count). The third-order valence-corrected chi connectivity index (χ3v) is 4.15. The highest BCUT2D eigenvalue weighted by Crippen LogP contribution is 2.18. The van der Waals surface area contributed by atoms with Gasteiger partial charge in [-0.05, 0) is 24.3 Å². The second-order valence-electron chi connectivity index (χ2n) is 3.36. The van der Waals surface area contributed by atoms with E-state index in [0.717, 1.165) is 0 Å². The minimum absolute atomic E-state index is 0.292. The van der Waals surface area contributed by atoms with Crippen LogP contribution in [0.1, 0.15) is 0 Å². The maximum Gasteiger partial charge on any atom is 0.243 e. The van der Waals surface area contributed by atoms with Crippen molar-refractivity contribution in [2.24, 2.45) is 0 Å². The van der Waals surface area contributed by atoms with Gasteiger partial charge in [0.25, 0.3) is 0 Å². The van der Waals surface area contributed by atoms with Crippen molar-refractivity contribution >= 4 is 15.7 Å². The maximum absolute atomic E-state index is 12.0. The molecule has 15 heavy (non-hydrogen) atoms. The third kappa shape index (κ3) is 1.88. The summed E-state index contributed by atoms with van der Waals surface area (Å²) in [5.74, 6) is 0. The maximum atomic E-state index is 12.0. The molecule has 4 nitrogen and oxygen atoms in total. The second kappa shape index (κ2) is 3.67. The summed E-state index contributed by atoms with van der Waals surface area (Å²) < 4.78 is 25.4. The first-order valence-electron chi connectivity index (χ1n) is 4.61. The van der Waals surface area contributed by atoms with E-state index >= 15 is 0 Å². The molecule has 5 heteroatoms. The van der Waals surface area contributed by atoms with Gasteiger partial charge in [0.05, 0.1) is 4.90 Å². The molecule has 0 atom stereocenters. The smallest absolute Gasteiger partial charge is 0.243 e. The first-order chi connectivity index (χ1) is 7.10. The van der Waals surface area contributed by atoms with Gasteiger partial charge in [0, 0.05) is 18.8 Å². The first-order valence-corrected chi connectivity index (χ1v) is 6.05. The molecule has 1 aromatic carbocycles. The van der Waals surface area contributed by atoms with E-state index < -0.39 is 10.0 Å². The molecular formula is C10H12N2O2S. The van der Waals surface area contributed by atoms with E-state index in [2.05, 4.69) is 0 Å². The number of hydrogen-bond acceptors (Lipinski definition) is 3. The summed E-state index contributed by atoms with van der Waals surface area (Å²) in [5, 5.41) is 0. The Morgan fingerprint density at radius 3 is 2.13 bits per heavy atom. The fourth-order valence-electron chi connectivity index (χ4n) is 1.44. The van der Waals surface area contributed by atoms with Gasteiger partial charge in [-0.3, -0.25) is 0 Å². The van der Waals surface area contributed by atoms with Crippen LogP contribution in [0.4, 0.5) is 5.69 Å². The molecule has 0 fully saturated rings. The van der Waals surface area contributed by atoms with Gasteiger partial charge in [0.15, 0.2) is 0 Å². The number of hydrogen-bond donors (Lipinski definition) is 1. The molecule has 1 heterocycles. The first kappa shape index (κ1) is 10.2. The van der Waals surface area contributed by atoms with Crippen LogP contribution < -0.4 is 5.73 Å². The molecule has 80 valence electrons. The molecule has 0 bridgehead atoms. The molecular weight excluding hydrogens is 212 g/mol. The van der Waals surface area contributed by atoms with Crippen molar-refractivity contribution in [3.05, 3.63) is 36.4 Å². The van der Waals surface area contributed by atoms with Crippen molar-refractivity contribution in [1.29, 1.82) is 0 Å². The molecule has 2 N–H and O–H groups in total. The normalized spacial score (nSPS) is 17.1. The molecule has 1 aliphatic heterocycles. The van der Waals surface area contributed by atoms with Crippen LogP contribution in [0.2, 0.25) is 0 Å².